The molecule has 2 N–H and O–H groups in total. The fourth-order valence-corrected chi connectivity index (χ4v) is 2.23. The molecule has 0 saturated heterocycles. The highest BCUT2D eigenvalue weighted by Crippen LogP contribution is 2.41. The Kier molecular flexibility index (Phi) is 3.87. The summed E-state index contributed by atoms with van der Waals surface area (Å²) in [6.45, 7) is -1.38. The molecule has 0 aromatic heterocycles. The molecule has 110 valence electrons. The normalized spacial score (nSPS) is 17.2. The average Bonchev–Trinajstić information content (AvgIpc) is 2.32. The Labute approximate surface area is 113 Å². The van der Waals surface area contributed by atoms with Gasteiger partial charge >= 0.3 is 12.2 Å². The van der Waals surface area contributed by atoms with E-state index in [1.807, 2.05) is 0 Å². The van der Waals surface area contributed by atoms with Gasteiger partial charge in [-0.1, -0.05) is 12.1 Å². The smallest absolute Gasteiger partial charge is 0.329 e. The number of carbonyl (C=O) groups excluding carboxylic acids is 1. The highest BCUT2D eigenvalue weighted by molar-refractivity contribution is 5.75. The van der Waals surface area contributed by atoms with Gasteiger partial charge in [0.25, 0.3) is 0 Å². The number of hydrogen-bond acceptors (Lipinski definition) is 1. The first-order valence-electron chi connectivity index (χ1n) is 6.20. The van der Waals surface area contributed by atoms with E-state index >= 15 is 0 Å². The van der Waals surface area contributed by atoms with E-state index in [2.05, 4.69) is 5.32 Å². The van der Waals surface area contributed by atoms with Crippen molar-refractivity contribution in [3.63, 3.8) is 0 Å². The Morgan fingerprint density at radius 2 is 1.80 bits per heavy atom. The third-order valence-electron chi connectivity index (χ3n) is 3.41. The molecular weight excluding hydrogens is 276 g/mol. The van der Waals surface area contributed by atoms with Gasteiger partial charge in [0, 0.05) is 0 Å². The molecule has 2 amide bonds. The van der Waals surface area contributed by atoms with Crippen molar-refractivity contribution in [2.45, 2.75) is 31.0 Å². The fraction of sp³-hybridized carbons (Fsp3) is 0.462. The molecule has 1 aliphatic rings. The van der Waals surface area contributed by atoms with Crippen LogP contribution < -0.4 is 10.6 Å². The van der Waals surface area contributed by atoms with Gasteiger partial charge in [-0.2, -0.15) is 13.2 Å². The lowest BCUT2D eigenvalue weighted by Gasteiger charge is -2.43. The standard InChI is InChI=1S/C13H14F4N2O/c14-10-4-2-9(3-5-10)12(6-1-7-12)19-11(20)18-8-13(15,16)17/h2-5H,1,6-8H2,(H2,18,19,20). The molecule has 7 heteroatoms. The van der Waals surface area contributed by atoms with Gasteiger partial charge in [0.05, 0.1) is 5.54 Å². The minimum Gasteiger partial charge on any atom is -0.329 e. The first-order valence-corrected chi connectivity index (χ1v) is 6.20. The molecule has 1 fully saturated rings. The SMILES string of the molecule is O=C(NCC(F)(F)F)NC1(c2ccc(F)cc2)CCC1. The van der Waals surface area contributed by atoms with Crippen LogP contribution in [0, 0.1) is 5.82 Å². The van der Waals surface area contributed by atoms with Crippen LogP contribution in [0.25, 0.3) is 0 Å². The third-order valence-corrected chi connectivity index (χ3v) is 3.41. The summed E-state index contributed by atoms with van der Waals surface area (Å²) in [6.07, 6.45) is -2.34. The van der Waals surface area contributed by atoms with Crippen LogP contribution in [0.5, 0.6) is 0 Å². The molecule has 1 aromatic rings. The van der Waals surface area contributed by atoms with Crippen molar-refractivity contribution in [2.24, 2.45) is 0 Å². The number of hydrogen-bond donors (Lipinski definition) is 2. The zero-order valence-corrected chi connectivity index (χ0v) is 10.6. The van der Waals surface area contributed by atoms with Crippen LogP contribution in [0.2, 0.25) is 0 Å². The summed E-state index contributed by atoms with van der Waals surface area (Å²) in [6, 6.07) is 4.75. The molecule has 0 radical (unpaired) electrons. The maximum Gasteiger partial charge on any atom is 0.405 e. The van der Waals surface area contributed by atoms with E-state index in [4.69, 9.17) is 0 Å². The molecule has 0 unspecified atom stereocenters. The number of benzene rings is 1. The van der Waals surface area contributed by atoms with Gasteiger partial charge in [-0.25, -0.2) is 9.18 Å². The van der Waals surface area contributed by atoms with E-state index < -0.39 is 30.1 Å². The maximum absolute atomic E-state index is 12.9. The predicted octanol–water partition coefficient (Wildman–Crippen LogP) is 3.07. The van der Waals surface area contributed by atoms with Gasteiger partial charge in [0.2, 0.25) is 0 Å². The second-order valence-electron chi connectivity index (χ2n) is 4.87. The van der Waals surface area contributed by atoms with Crippen molar-refractivity contribution in [1.29, 1.82) is 0 Å². The molecular formula is C13H14F4N2O. The fourth-order valence-electron chi connectivity index (χ4n) is 2.23. The first-order chi connectivity index (χ1) is 9.31. The Hall–Kier alpha value is -1.79. The van der Waals surface area contributed by atoms with Gasteiger partial charge in [-0.15, -0.1) is 0 Å². The van der Waals surface area contributed by atoms with Gasteiger partial charge in [0.15, 0.2) is 0 Å². The highest BCUT2D eigenvalue weighted by Gasteiger charge is 2.40. The van der Waals surface area contributed by atoms with Crippen molar-refractivity contribution in [3.8, 4) is 0 Å². The van der Waals surface area contributed by atoms with Crippen LogP contribution in [-0.2, 0) is 5.54 Å². The second-order valence-corrected chi connectivity index (χ2v) is 4.87. The van der Waals surface area contributed by atoms with E-state index in [9.17, 15) is 22.4 Å². The van der Waals surface area contributed by atoms with Crippen molar-refractivity contribution >= 4 is 6.03 Å². The lowest BCUT2D eigenvalue weighted by Crippen LogP contribution is -2.54. The van der Waals surface area contributed by atoms with Gasteiger partial charge < -0.3 is 10.6 Å². The van der Waals surface area contributed by atoms with Gasteiger partial charge in [-0.3, -0.25) is 0 Å². The number of nitrogens with one attached hydrogen (secondary N) is 2. The van der Waals surface area contributed by atoms with Crippen molar-refractivity contribution < 1.29 is 22.4 Å². The van der Waals surface area contributed by atoms with Crippen molar-refractivity contribution in [3.05, 3.63) is 35.6 Å². The molecule has 0 bridgehead atoms. The number of urea groups is 1. The summed E-state index contributed by atoms with van der Waals surface area (Å²) in [4.78, 5) is 11.5. The third kappa shape index (κ3) is 3.40. The molecule has 1 aromatic carbocycles. The molecule has 0 spiro atoms. The zero-order chi connectivity index (χ0) is 14.8. The highest BCUT2D eigenvalue weighted by atomic mass is 19.4. The predicted molar refractivity (Wildman–Crippen MR) is 64.5 cm³/mol. The molecule has 20 heavy (non-hydrogen) atoms. The molecule has 1 saturated carbocycles. The van der Waals surface area contributed by atoms with Gasteiger partial charge in [0.1, 0.15) is 12.4 Å². The summed E-state index contributed by atoms with van der Waals surface area (Å²) in [5.41, 5.74) is 0.0101. The molecule has 2 rings (SSSR count). The van der Waals surface area contributed by atoms with E-state index in [0.29, 0.717) is 18.4 Å². The van der Waals surface area contributed by atoms with E-state index in [0.717, 1.165) is 6.42 Å². The van der Waals surface area contributed by atoms with Crippen LogP contribution in [-0.4, -0.2) is 18.8 Å². The zero-order valence-electron chi connectivity index (χ0n) is 10.6. The topological polar surface area (TPSA) is 41.1 Å². The molecule has 0 heterocycles. The molecule has 0 aliphatic heterocycles. The van der Waals surface area contributed by atoms with E-state index in [-0.39, 0.29) is 0 Å². The molecule has 1 aliphatic carbocycles. The summed E-state index contributed by atoms with van der Waals surface area (Å²) >= 11 is 0. The first kappa shape index (κ1) is 14.6. The second kappa shape index (κ2) is 5.30. The number of amides is 2. The van der Waals surface area contributed by atoms with Gasteiger partial charge in [-0.05, 0) is 37.0 Å². The Morgan fingerprint density at radius 3 is 2.25 bits per heavy atom. The number of alkyl halides is 3. The van der Waals surface area contributed by atoms with Crippen LogP contribution in [0.3, 0.4) is 0 Å². The summed E-state index contributed by atoms with van der Waals surface area (Å²) < 4.78 is 49.0. The Bertz CT molecular complexity index is 480. The largest absolute Gasteiger partial charge is 0.405 e. The summed E-state index contributed by atoms with van der Waals surface area (Å²) in [7, 11) is 0. The quantitative estimate of drug-likeness (QED) is 0.825. The maximum atomic E-state index is 12.9. The minimum atomic E-state index is -4.44. The molecule has 3 nitrogen and oxygen atoms in total. The summed E-state index contributed by atoms with van der Waals surface area (Å²) in [5, 5.41) is 4.34. The Morgan fingerprint density at radius 1 is 1.20 bits per heavy atom. The number of halogens is 4. The molecule has 0 atom stereocenters. The van der Waals surface area contributed by atoms with Crippen LogP contribution in [0.15, 0.2) is 24.3 Å². The van der Waals surface area contributed by atoms with Crippen LogP contribution in [0.1, 0.15) is 24.8 Å². The van der Waals surface area contributed by atoms with Crippen LogP contribution in [0.4, 0.5) is 22.4 Å². The number of carbonyl (C=O) groups is 1. The Balaban J connectivity index is 2.01. The lowest BCUT2D eigenvalue weighted by molar-refractivity contribution is -0.122. The van der Waals surface area contributed by atoms with E-state index in [1.165, 1.54) is 12.1 Å². The monoisotopic (exact) mass is 290 g/mol. The van der Waals surface area contributed by atoms with E-state index in [1.54, 1.807) is 17.4 Å². The van der Waals surface area contributed by atoms with Crippen molar-refractivity contribution in [2.75, 3.05) is 6.54 Å². The number of rotatable bonds is 3. The minimum absolute atomic E-state index is 0.398. The lowest BCUT2D eigenvalue weighted by atomic mass is 9.72. The van der Waals surface area contributed by atoms with Crippen LogP contribution >= 0.6 is 0 Å². The van der Waals surface area contributed by atoms with Crippen molar-refractivity contribution in [1.82, 2.24) is 10.6 Å². The summed E-state index contributed by atoms with van der Waals surface area (Å²) in [5.74, 6) is -0.398. The average molecular weight is 290 g/mol.